The van der Waals surface area contributed by atoms with Gasteiger partial charge in [-0.1, -0.05) is 0 Å². The Morgan fingerprint density at radius 3 is 2.59 bits per heavy atom. The third-order valence-electron chi connectivity index (χ3n) is 4.10. The van der Waals surface area contributed by atoms with Gasteiger partial charge in [0.05, 0.1) is 11.9 Å². The Labute approximate surface area is 102 Å². The lowest BCUT2D eigenvalue weighted by molar-refractivity contribution is 0.0633. The van der Waals surface area contributed by atoms with Crippen LogP contribution < -0.4 is 10.5 Å². The number of nitrogen functional groups attached to an aromatic ring is 1. The van der Waals surface area contributed by atoms with Crippen LogP contribution in [-0.4, -0.2) is 35.1 Å². The van der Waals surface area contributed by atoms with Crippen molar-refractivity contribution in [2.75, 3.05) is 12.8 Å². The minimum atomic E-state index is 0.319. The summed E-state index contributed by atoms with van der Waals surface area (Å²) in [6, 6.07) is 5.10. The molecule has 0 radical (unpaired) electrons. The number of pyridine rings is 1. The summed E-state index contributed by atoms with van der Waals surface area (Å²) in [5.41, 5.74) is 6.29. The average Bonchev–Trinajstić information content (AvgIpc) is 2.55. The lowest BCUT2D eigenvalue weighted by Gasteiger charge is -2.36. The van der Waals surface area contributed by atoms with E-state index >= 15 is 0 Å². The molecule has 3 rings (SSSR count). The maximum Gasteiger partial charge on any atom is 0.213 e. The van der Waals surface area contributed by atoms with Crippen LogP contribution in [0.15, 0.2) is 18.3 Å². The van der Waals surface area contributed by atoms with E-state index in [0.717, 1.165) is 12.8 Å². The molecular weight excluding hydrogens is 214 g/mol. The molecule has 0 amide bonds. The van der Waals surface area contributed by atoms with Crippen LogP contribution in [0.25, 0.3) is 0 Å². The Morgan fingerprint density at radius 2 is 2.00 bits per heavy atom. The van der Waals surface area contributed by atoms with Crippen LogP contribution in [0, 0.1) is 0 Å². The molecule has 3 heterocycles. The van der Waals surface area contributed by atoms with E-state index in [9.17, 15) is 0 Å². The standard InChI is InChI=1S/C13H19N3O/c1-16-10-3-4-11(16)7-12(6-10)17-13-5-2-9(14)8-15-13/h2,5,8,10-12H,3-4,6-7,14H2,1H3. The van der Waals surface area contributed by atoms with Crippen molar-refractivity contribution in [2.45, 2.75) is 43.9 Å². The highest BCUT2D eigenvalue weighted by molar-refractivity contribution is 5.36. The number of fused-ring (bicyclic) bond motifs is 2. The van der Waals surface area contributed by atoms with Gasteiger partial charge in [-0.15, -0.1) is 0 Å². The first kappa shape index (κ1) is 10.8. The van der Waals surface area contributed by atoms with Gasteiger partial charge < -0.3 is 15.4 Å². The number of piperidine rings is 1. The van der Waals surface area contributed by atoms with Gasteiger partial charge in [0.1, 0.15) is 6.10 Å². The highest BCUT2D eigenvalue weighted by Gasteiger charge is 2.39. The van der Waals surface area contributed by atoms with Crippen LogP contribution in [0.5, 0.6) is 5.88 Å². The molecule has 1 aromatic heterocycles. The quantitative estimate of drug-likeness (QED) is 0.844. The molecule has 2 unspecified atom stereocenters. The van der Waals surface area contributed by atoms with E-state index in [0.29, 0.717) is 29.8 Å². The number of nitrogens with two attached hydrogens (primary N) is 1. The summed E-state index contributed by atoms with van der Waals surface area (Å²) in [5.74, 6) is 0.702. The molecule has 4 heteroatoms. The molecule has 2 atom stereocenters. The van der Waals surface area contributed by atoms with Gasteiger partial charge in [-0.3, -0.25) is 0 Å². The second kappa shape index (κ2) is 4.18. The van der Waals surface area contributed by atoms with Crippen molar-refractivity contribution >= 4 is 5.69 Å². The zero-order chi connectivity index (χ0) is 11.8. The van der Waals surface area contributed by atoms with E-state index in [2.05, 4.69) is 16.9 Å². The van der Waals surface area contributed by atoms with Crippen LogP contribution in [0.2, 0.25) is 0 Å². The normalized spacial score (nSPS) is 32.6. The van der Waals surface area contributed by atoms with Crippen LogP contribution in [-0.2, 0) is 0 Å². The number of ether oxygens (including phenoxy) is 1. The predicted molar refractivity (Wildman–Crippen MR) is 66.9 cm³/mol. The van der Waals surface area contributed by atoms with Gasteiger partial charge in [-0.2, -0.15) is 0 Å². The van der Waals surface area contributed by atoms with Gasteiger partial charge in [0.25, 0.3) is 0 Å². The maximum atomic E-state index is 5.95. The van der Waals surface area contributed by atoms with Gasteiger partial charge in [0.2, 0.25) is 5.88 Å². The Morgan fingerprint density at radius 1 is 1.29 bits per heavy atom. The van der Waals surface area contributed by atoms with Crippen LogP contribution in [0.1, 0.15) is 25.7 Å². The molecule has 0 saturated carbocycles. The minimum absolute atomic E-state index is 0.319. The van der Waals surface area contributed by atoms with E-state index in [1.165, 1.54) is 12.8 Å². The van der Waals surface area contributed by atoms with Crippen LogP contribution >= 0.6 is 0 Å². The van der Waals surface area contributed by atoms with E-state index in [1.54, 1.807) is 6.20 Å². The Balaban J connectivity index is 1.65. The van der Waals surface area contributed by atoms with Crippen molar-refractivity contribution in [2.24, 2.45) is 0 Å². The molecule has 1 aromatic rings. The molecular formula is C13H19N3O. The molecule has 2 N–H and O–H groups in total. The monoisotopic (exact) mass is 233 g/mol. The smallest absolute Gasteiger partial charge is 0.213 e. The average molecular weight is 233 g/mol. The number of hydrogen-bond donors (Lipinski definition) is 1. The van der Waals surface area contributed by atoms with Gasteiger partial charge >= 0.3 is 0 Å². The van der Waals surface area contributed by atoms with Gasteiger partial charge in [0.15, 0.2) is 0 Å². The lowest BCUT2D eigenvalue weighted by Crippen LogP contribution is -2.43. The largest absolute Gasteiger partial charge is 0.474 e. The molecule has 0 spiro atoms. The van der Waals surface area contributed by atoms with Crippen molar-refractivity contribution in [1.82, 2.24) is 9.88 Å². The second-order valence-electron chi connectivity index (χ2n) is 5.19. The Bertz CT molecular complexity index is 378. The van der Waals surface area contributed by atoms with Crippen molar-refractivity contribution in [3.05, 3.63) is 18.3 Å². The van der Waals surface area contributed by atoms with E-state index < -0.39 is 0 Å². The molecule has 2 bridgehead atoms. The van der Waals surface area contributed by atoms with Gasteiger partial charge in [-0.05, 0) is 38.8 Å². The highest BCUT2D eigenvalue weighted by atomic mass is 16.5. The Kier molecular flexibility index (Phi) is 2.67. The van der Waals surface area contributed by atoms with E-state index in [1.807, 2.05) is 12.1 Å². The number of anilines is 1. The summed E-state index contributed by atoms with van der Waals surface area (Å²) < 4.78 is 5.95. The van der Waals surface area contributed by atoms with Crippen molar-refractivity contribution < 1.29 is 4.74 Å². The summed E-state index contributed by atoms with van der Waals surface area (Å²) in [5, 5.41) is 0. The third kappa shape index (κ3) is 2.09. The van der Waals surface area contributed by atoms with Crippen molar-refractivity contribution in [1.29, 1.82) is 0 Å². The number of nitrogens with zero attached hydrogens (tertiary/aromatic N) is 2. The minimum Gasteiger partial charge on any atom is -0.474 e. The first-order chi connectivity index (χ1) is 8.22. The molecule has 2 fully saturated rings. The fourth-order valence-corrected chi connectivity index (χ4v) is 3.09. The topological polar surface area (TPSA) is 51.4 Å². The second-order valence-corrected chi connectivity index (χ2v) is 5.19. The molecule has 17 heavy (non-hydrogen) atoms. The molecule has 2 aliphatic heterocycles. The summed E-state index contributed by atoms with van der Waals surface area (Å²) in [6.45, 7) is 0. The van der Waals surface area contributed by atoms with E-state index in [4.69, 9.17) is 10.5 Å². The summed E-state index contributed by atoms with van der Waals surface area (Å²) in [7, 11) is 2.24. The molecule has 2 aliphatic rings. The third-order valence-corrected chi connectivity index (χ3v) is 4.10. The fraction of sp³-hybridized carbons (Fsp3) is 0.615. The number of aromatic nitrogens is 1. The first-order valence-electron chi connectivity index (χ1n) is 6.32. The predicted octanol–water partition coefficient (Wildman–Crippen LogP) is 1.67. The number of rotatable bonds is 2. The molecule has 92 valence electrons. The molecule has 4 nitrogen and oxygen atoms in total. The molecule has 0 aliphatic carbocycles. The molecule has 2 saturated heterocycles. The summed E-state index contributed by atoms with van der Waals surface area (Å²) in [4.78, 5) is 6.71. The zero-order valence-corrected chi connectivity index (χ0v) is 10.2. The van der Waals surface area contributed by atoms with Gasteiger partial charge in [-0.25, -0.2) is 4.98 Å². The maximum absolute atomic E-state index is 5.95. The summed E-state index contributed by atoms with van der Waals surface area (Å²) in [6.07, 6.45) is 6.85. The SMILES string of the molecule is CN1C2CCC1CC(Oc1ccc(N)cn1)C2. The van der Waals surface area contributed by atoms with E-state index in [-0.39, 0.29) is 0 Å². The first-order valence-corrected chi connectivity index (χ1v) is 6.32. The summed E-state index contributed by atoms with van der Waals surface area (Å²) >= 11 is 0. The van der Waals surface area contributed by atoms with Gasteiger partial charge in [0, 0.05) is 18.2 Å². The van der Waals surface area contributed by atoms with Crippen molar-refractivity contribution in [3.8, 4) is 5.88 Å². The fourth-order valence-electron chi connectivity index (χ4n) is 3.09. The lowest BCUT2D eigenvalue weighted by atomic mass is 10.0. The Hall–Kier alpha value is -1.29. The highest BCUT2D eigenvalue weighted by Crippen LogP contribution is 2.35. The van der Waals surface area contributed by atoms with Crippen molar-refractivity contribution in [3.63, 3.8) is 0 Å². The van der Waals surface area contributed by atoms with Crippen LogP contribution in [0.3, 0.4) is 0 Å². The molecule has 0 aromatic carbocycles. The number of hydrogen-bond acceptors (Lipinski definition) is 4. The van der Waals surface area contributed by atoms with Crippen LogP contribution in [0.4, 0.5) is 5.69 Å². The zero-order valence-electron chi connectivity index (χ0n) is 10.2.